The van der Waals surface area contributed by atoms with Crippen LogP contribution in [0.1, 0.15) is 45.7 Å². The van der Waals surface area contributed by atoms with Gasteiger partial charge < -0.3 is 10.4 Å². The van der Waals surface area contributed by atoms with E-state index in [1.807, 2.05) is 72.8 Å². The second-order valence-electron chi connectivity index (χ2n) is 8.58. The molecule has 1 amide bonds. The Balaban J connectivity index is 1.54. The molecule has 0 radical (unpaired) electrons. The van der Waals surface area contributed by atoms with Gasteiger partial charge in [0.05, 0.1) is 22.0 Å². The van der Waals surface area contributed by atoms with Crippen molar-refractivity contribution >= 4 is 29.1 Å². The molecule has 0 saturated carbocycles. The summed E-state index contributed by atoms with van der Waals surface area (Å²) in [6, 6.07) is 31.0. The van der Waals surface area contributed by atoms with Crippen LogP contribution in [-0.4, -0.2) is 11.0 Å². The molecular formula is C29H23Cl2NO2. The van der Waals surface area contributed by atoms with Gasteiger partial charge in [-0.3, -0.25) is 4.79 Å². The summed E-state index contributed by atoms with van der Waals surface area (Å²) >= 11 is 12.5. The largest absolute Gasteiger partial charge is 0.505 e. The number of phenolic OH excluding ortho intramolecular Hbond substituents is 1. The zero-order valence-electron chi connectivity index (χ0n) is 18.3. The summed E-state index contributed by atoms with van der Waals surface area (Å²) in [7, 11) is 0. The van der Waals surface area contributed by atoms with E-state index in [1.165, 1.54) is 5.56 Å². The number of halogens is 2. The summed E-state index contributed by atoms with van der Waals surface area (Å²) in [6.07, 6.45) is 0.736. The van der Waals surface area contributed by atoms with Crippen LogP contribution in [0.25, 0.3) is 0 Å². The molecule has 34 heavy (non-hydrogen) atoms. The molecule has 0 bridgehead atoms. The third kappa shape index (κ3) is 4.29. The van der Waals surface area contributed by atoms with Crippen LogP contribution < -0.4 is 5.32 Å². The van der Waals surface area contributed by atoms with Gasteiger partial charge in [-0.05, 0) is 46.4 Å². The van der Waals surface area contributed by atoms with E-state index in [0.29, 0.717) is 0 Å². The van der Waals surface area contributed by atoms with Gasteiger partial charge in [0.25, 0.3) is 0 Å². The van der Waals surface area contributed by atoms with Crippen LogP contribution in [0.5, 0.6) is 5.75 Å². The van der Waals surface area contributed by atoms with E-state index in [9.17, 15) is 9.90 Å². The Hall–Kier alpha value is -3.27. The molecule has 3 nitrogen and oxygen atoms in total. The Labute approximate surface area is 209 Å². The van der Waals surface area contributed by atoms with Gasteiger partial charge in [0, 0.05) is 5.92 Å². The van der Waals surface area contributed by atoms with Crippen LogP contribution in [0.15, 0.2) is 97.1 Å². The van der Waals surface area contributed by atoms with Crippen LogP contribution in [0.4, 0.5) is 0 Å². The zero-order chi connectivity index (χ0) is 23.7. The van der Waals surface area contributed by atoms with Crippen LogP contribution in [-0.2, 0) is 11.2 Å². The van der Waals surface area contributed by atoms with Gasteiger partial charge >= 0.3 is 0 Å². The molecular weight excluding hydrogens is 465 g/mol. The predicted octanol–water partition coefficient (Wildman–Crippen LogP) is 7.03. The predicted molar refractivity (Wildman–Crippen MR) is 137 cm³/mol. The number of rotatable bonds is 5. The molecule has 0 unspecified atom stereocenters. The number of fused-ring (bicyclic) bond motifs is 1. The molecule has 0 fully saturated rings. The topological polar surface area (TPSA) is 49.3 Å². The minimum Gasteiger partial charge on any atom is -0.505 e. The Morgan fingerprint density at radius 3 is 1.94 bits per heavy atom. The standard InChI is InChI=1S/C29H23Cl2NO2/c30-24-16-21(17-25(31)28(24)33)23-15-20-13-7-8-14-22(20)27(23)32-29(34)26(18-9-3-1-4-10-18)19-11-5-2-6-12-19/h1-14,16-17,23,26-27,33H,15H2,(H,32,34)/t23-,27-/m1/s1. The number of phenols is 1. The van der Waals surface area contributed by atoms with Crippen molar-refractivity contribution in [2.75, 3.05) is 0 Å². The second-order valence-corrected chi connectivity index (χ2v) is 9.40. The highest BCUT2D eigenvalue weighted by Gasteiger charge is 2.36. The highest BCUT2D eigenvalue weighted by atomic mass is 35.5. The molecule has 0 aliphatic heterocycles. The lowest BCUT2D eigenvalue weighted by atomic mass is 9.88. The Morgan fingerprint density at radius 1 is 0.824 bits per heavy atom. The summed E-state index contributed by atoms with van der Waals surface area (Å²) in [5, 5.41) is 13.8. The number of hydrogen-bond donors (Lipinski definition) is 2. The first-order valence-electron chi connectivity index (χ1n) is 11.2. The normalized spacial score (nSPS) is 16.9. The van der Waals surface area contributed by atoms with E-state index in [2.05, 4.69) is 17.4 Å². The van der Waals surface area contributed by atoms with Crippen LogP contribution in [0.3, 0.4) is 0 Å². The van der Waals surface area contributed by atoms with Gasteiger partial charge in [-0.1, -0.05) is 108 Å². The molecule has 0 aromatic heterocycles. The zero-order valence-corrected chi connectivity index (χ0v) is 19.8. The maximum Gasteiger partial charge on any atom is 0.232 e. The van der Waals surface area contributed by atoms with E-state index in [1.54, 1.807) is 12.1 Å². The van der Waals surface area contributed by atoms with Crippen LogP contribution in [0, 0.1) is 0 Å². The lowest BCUT2D eigenvalue weighted by Crippen LogP contribution is -2.35. The van der Waals surface area contributed by atoms with Crippen molar-refractivity contribution in [1.29, 1.82) is 0 Å². The minimum atomic E-state index is -0.442. The average molecular weight is 488 g/mol. The van der Waals surface area contributed by atoms with E-state index >= 15 is 0 Å². The number of hydrogen-bond acceptors (Lipinski definition) is 2. The van der Waals surface area contributed by atoms with Crippen molar-refractivity contribution in [3.05, 3.63) is 135 Å². The monoisotopic (exact) mass is 487 g/mol. The summed E-state index contributed by atoms with van der Waals surface area (Å²) in [6.45, 7) is 0. The summed E-state index contributed by atoms with van der Waals surface area (Å²) in [5.41, 5.74) is 5.01. The molecule has 5 rings (SSSR count). The van der Waals surface area contributed by atoms with E-state index in [-0.39, 0.29) is 33.7 Å². The first-order valence-corrected chi connectivity index (χ1v) is 11.9. The van der Waals surface area contributed by atoms with Crippen molar-refractivity contribution in [2.45, 2.75) is 24.3 Å². The summed E-state index contributed by atoms with van der Waals surface area (Å²) in [5.74, 6) is -0.705. The first-order chi connectivity index (χ1) is 16.5. The number of nitrogens with one attached hydrogen (secondary N) is 1. The highest BCUT2D eigenvalue weighted by Crippen LogP contribution is 2.45. The molecule has 0 saturated heterocycles. The van der Waals surface area contributed by atoms with Gasteiger partial charge in [-0.2, -0.15) is 0 Å². The number of carbonyl (C=O) groups excluding carboxylic acids is 1. The van der Waals surface area contributed by atoms with Crippen molar-refractivity contribution < 1.29 is 9.90 Å². The van der Waals surface area contributed by atoms with Crippen molar-refractivity contribution in [3.63, 3.8) is 0 Å². The lowest BCUT2D eigenvalue weighted by Gasteiger charge is -2.26. The van der Waals surface area contributed by atoms with Crippen LogP contribution in [0.2, 0.25) is 10.0 Å². The Morgan fingerprint density at radius 2 is 1.35 bits per heavy atom. The first kappa shape index (κ1) is 22.5. The molecule has 0 spiro atoms. The van der Waals surface area contributed by atoms with Crippen molar-refractivity contribution in [1.82, 2.24) is 5.32 Å². The van der Waals surface area contributed by atoms with Crippen molar-refractivity contribution in [3.8, 4) is 5.75 Å². The second kappa shape index (κ2) is 9.54. The highest BCUT2D eigenvalue weighted by molar-refractivity contribution is 6.37. The van der Waals surface area contributed by atoms with Gasteiger partial charge in [0.2, 0.25) is 5.91 Å². The summed E-state index contributed by atoms with van der Waals surface area (Å²) in [4.78, 5) is 13.9. The molecule has 2 atom stereocenters. The minimum absolute atomic E-state index is 0.0656. The van der Waals surface area contributed by atoms with E-state index < -0.39 is 5.92 Å². The Bertz CT molecular complexity index is 1260. The third-order valence-corrected chi connectivity index (χ3v) is 7.10. The maximum absolute atomic E-state index is 13.9. The number of carbonyl (C=O) groups is 1. The smallest absolute Gasteiger partial charge is 0.232 e. The molecule has 0 heterocycles. The fraction of sp³-hybridized carbons (Fsp3) is 0.138. The fourth-order valence-corrected chi connectivity index (χ4v) is 5.41. The van der Waals surface area contributed by atoms with Gasteiger partial charge in [0.1, 0.15) is 0 Å². The van der Waals surface area contributed by atoms with Gasteiger partial charge in [-0.25, -0.2) is 0 Å². The van der Waals surface area contributed by atoms with E-state index in [4.69, 9.17) is 23.2 Å². The summed E-state index contributed by atoms with van der Waals surface area (Å²) < 4.78 is 0. The Kier molecular flexibility index (Phi) is 6.32. The van der Waals surface area contributed by atoms with E-state index in [0.717, 1.165) is 28.7 Å². The number of amides is 1. The molecule has 4 aromatic rings. The third-order valence-electron chi connectivity index (χ3n) is 6.53. The SMILES string of the molecule is O=C(N[C@@H]1c2ccccc2C[C@@H]1c1cc(Cl)c(O)c(Cl)c1)C(c1ccccc1)c1ccccc1. The quantitative estimate of drug-likeness (QED) is 0.317. The maximum atomic E-state index is 13.9. The number of benzene rings is 4. The lowest BCUT2D eigenvalue weighted by molar-refractivity contribution is -0.122. The van der Waals surface area contributed by atoms with Gasteiger partial charge in [0.15, 0.2) is 5.75 Å². The molecule has 4 aromatic carbocycles. The van der Waals surface area contributed by atoms with Gasteiger partial charge in [-0.15, -0.1) is 0 Å². The fourth-order valence-electron chi connectivity index (χ4n) is 4.91. The molecule has 170 valence electrons. The molecule has 2 N–H and O–H groups in total. The molecule has 1 aliphatic rings. The molecule has 1 aliphatic carbocycles. The number of aromatic hydroxyl groups is 1. The average Bonchev–Trinajstić information content (AvgIpc) is 3.22. The van der Waals surface area contributed by atoms with Crippen LogP contribution >= 0.6 is 23.2 Å². The molecule has 5 heteroatoms. The van der Waals surface area contributed by atoms with Crippen molar-refractivity contribution in [2.24, 2.45) is 0 Å².